The molecule has 0 aliphatic rings. The second-order valence-electron chi connectivity index (χ2n) is 4.28. The largest absolute Gasteiger partial charge is 0.494 e. The van der Waals surface area contributed by atoms with Gasteiger partial charge in [0.05, 0.1) is 7.11 Å². The summed E-state index contributed by atoms with van der Waals surface area (Å²) in [6.45, 7) is 0. The molecule has 0 aliphatic heterocycles. The third kappa shape index (κ3) is 3.53. The van der Waals surface area contributed by atoms with Gasteiger partial charge in [-0.1, -0.05) is 6.07 Å². The first-order chi connectivity index (χ1) is 9.24. The SMILES string of the molecule is COc1ccc(C(CCc2ccsc2)NN)cc1F. The molecule has 1 atom stereocenters. The van der Waals surface area contributed by atoms with Crippen molar-refractivity contribution >= 4 is 11.3 Å². The fourth-order valence-electron chi connectivity index (χ4n) is 1.99. The number of hydrogen-bond donors (Lipinski definition) is 2. The van der Waals surface area contributed by atoms with Gasteiger partial charge in [-0.2, -0.15) is 11.3 Å². The van der Waals surface area contributed by atoms with Gasteiger partial charge in [0, 0.05) is 6.04 Å². The Bertz CT molecular complexity index is 516. The maximum absolute atomic E-state index is 13.7. The van der Waals surface area contributed by atoms with Gasteiger partial charge in [-0.3, -0.25) is 11.3 Å². The lowest BCUT2D eigenvalue weighted by Gasteiger charge is -2.16. The molecule has 0 fully saturated rings. The van der Waals surface area contributed by atoms with Crippen molar-refractivity contribution < 1.29 is 9.13 Å². The zero-order valence-electron chi connectivity index (χ0n) is 10.7. The van der Waals surface area contributed by atoms with Crippen molar-refractivity contribution in [2.45, 2.75) is 18.9 Å². The zero-order valence-corrected chi connectivity index (χ0v) is 11.5. The first-order valence-electron chi connectivity index (χ1n) is 6.05. The van der Waals surface area contributed by atoms with Crippen molar-refractivity contribution in [3.8, 4) is 5.75 Å². The van der Waals surface area contributed by atoms with Gasteiger partial charge in [0.15, 0.2) is 11.6 Å². The highest BCUT2D eigenvalue weighted by Crippen LogP contribution is 2.24. The number of benzene rings is 1. The predicted molar refractivity (Wildman–Crippen MR) is 75.7 cm³/mol. The number of hydrazine groups is 1. The molecule has 3 nitrogen and oxygen atoms in total. The molecule has 0 amide bonds. The summed E-state index contributed by atoms with van der Waals surface area (Å²) < 4.78 is 18.6. The minimum atomic E-state index is -0.365. The number of thiophene rings is 1. The maximum atomic E-state index is 13.7. The van der Waals surface area contributed by atoms with Crippen molar-refractivity contribution in [3.63, 3.8) is 0 Å². The molecule has 1 unspecified atom stereocenters. The van der Waals surface area contributed by atoms with Crippen LogP contribution >= 0.6 is 11.3 Å². The normalized spacial score (nSPS) is 12.4. The summed E-state index contributed by atoms with van der Waals surface area (Å²) in [7, 11) is 1.45. The van der Waals surface area contributed by atoms with E-state index in [0.29, 0.717) is 0 Å². The summed E-state index contributed by atoms with van der Waals surface area (Å²) in [5, 5.41) is 4.16. The van der Waals surface area contributed by atoms with Gasteiger partial charge >= 0.3 is 0 Å². The van der Waals surface area contributed by atoms with Crippen LogP contribution in [0.2, 0.25) is 0 Å². The molecular formula is C14H17FN2OS. The van der Waals surface area contributed by atoms with Crippen LogP contribution in [-0.4, -0.2) is 7.11 Å². The average molecular weight is 280 g/mol. The highest BCUT2D eigenvalue weighted by Gasteiger charge is 2.12. The second-order valence-corrected chi connectivity index (χ2v) is 5.06. The Kier molecular flexibility index (Phi) is 4.90. The first kappa shape index (κ1) is 14.0. The van der Waals surface area contributed by atoms with Gasteiger partial charge in [-0.25, -0.2) is 4.39 Å². The summed E-state index contributed by atoms with van der Waals surface area (Å²) in [6, 6.07) is 6.95. The summed E-state index contributed by atoms with van der Waals surface area (Å²) in [5.74, 6) is 5.45. The highest BCUT2D eigenvalue weighted by atomic mass is 32.1. The molecule has 1 aromatic heterocycles. The molecule has 0 aliphatic carbocycles. The summed E-state index contributed by atoms with van der Waals surface area (Å²) in [4.78, 5) is 0. The lowest BCUT2D eigenvalue weighted by molar-refractivity contribution is 0.385. The van der Waals surface area contributed by atoms with E-state index in [1.165, 1.54) is 18.7 Å². The highest BCUT2D eigenvalue weighted by molar-refractivity contribution is 7.07. The van der Waals surface area contributed by atoms with Crippen LogP contribution in [0.3, 0.4) is 0 Å². The minimum Gasteiger partial charge on any atom is -0.494 e. The smallest absolute Gasteiger partial charge is 0.165 e. The Balaban J connectivity index is 2.06. The lowest BCUT2D eigenvalue weighted by Crippen LogP contribution is -2.28. The van der Waals surface area contributed by atoms with Gasteiger partial charge in [-0.15, -0.1) is 0 Å². The third-order valence-electron chi connectivity index (χ3n) is 3.08. The molecule has 2 aromatic rings. The molecule has 0 radical (unpaired) electrons. The van der Waals surface area contributed by atoms with E-state index in [4.69, 9.17) is 10.6 Å². The number of methoxy groups -OCH3 is 1. The number of halogens is 1. The monoisotopic (exact) mass is 280 g/mol. The number of nitrogens with two attached hydrogens (primary N) is 1. The Morgan fingerprint density at radius 2 is 2.26 bits per heavy atom. The number of rotatable bonds is 6. The fraction of sp³-hybridized carbons (Fsp3) is 0.286. The lowest BCUT2D eigenvalue weighted by atomic mass is 10.0. The van der Waals surface area contributed by atoms with E-state index in [1.807, 2.05) is 11.4 Å². The molecule has 0 saturated carbocycles. The molecule has 19 heavy (non-hydrogen) atoms. The van der Waals surface area contributed by atoms with Crippen molar-refractivity contribution in [1.82, 2.24) is 5.43 Å². The van der Waals surface area contributed by atoms with Crippen LogP contribution < -0.4 is 16.0 Å². The summed E-state index contributed by atoms with van der Waals surface area (Å²) in [5.41, 5.74) is 4.85. The molecule has 0 saturated heterocycles. The maximum Gasteiger partial charge on any atom is 0.165 e. The predicted octanol–water partition coefficient (Wildman–Crippen LogP) is 3.03. The van der Waals surface area contributed by atoms with E-state index < -0.39 is 0 Å². The van der Waals surface area contributed by atoms with Crippen LogP contribution in [0.25, 0.3) is 0 Å². The van der Waals surface area contributed by atoms with E-state index in [9.17, 15) is 4.39 Å². The topological polar surface area (TPSA) is 47.3 Å². The van der Waals surface area contributed by atoms with Crippen LogP contribution in [0.5, 0.6) is 5.75 Å². The van der Waals surface area contributed by atoms with Gasteiger partial charge in [0.2, 0.25) is 0 Å². The third-order valence-corrected chi connectivity index (χ3v) is 3.81. The van der Waals surface area contributed by atoms with Crippen LogP contribution in [0, 0.1) is 5.82 Å². The van der Waals surface area contributed by atoms with Gasteiger partial charge in [0.25, 0.3) is 0 Å². The molecule has 1 heterocycles. The Morgan fingerprint density at radius 3 is 2.84 bits per heavy atom. The number of hydrogen-bond acceptors (Lipinski definition) is 4. The van der Waals surface area contributed by atoms with Crippen molar-refractivity contribution in [1.29, 1.82) is 0 Å². The van der Waals surface area contributed by atoms with E-state index in [1.54, 1.807) is 17.4 Å². The van der Waals surface area contributed by atoms with Gasteiger partial charge < -0.3 is 4.74 Å². The standard InChI is InChI=1S/C14H17FN2OS/c1-18-14-5-3-11(8-12(14)15)13(17-16)4-2-10-6-7-19-9-10/h3,5-9,13,17H,2,4,16H2,1H3. The Hall–Kier alpha value is -1.43. The van der Waals surface area contributed by atoms with Crippen LogP contribution in [0.15, 0.2) is 35.0 Å². The van der Waals surface area contributed by atoms with Crippen LogP contribution in [-0.2, 0) is 6.42 Å². The number of aryl methyl sites for hydroxylation is 1. The summed E-state index contributed by atoms with van der Waals surface area (Å²) in [6.07, 6.45) is 1.73. The van der Waals surface area contributed by atoms with Crippen molar-refractivity contribution in [2.75, 3.05) is 7.11 Å². The molecule has 5 heteroatoms. The molecular weight excluding hydrogens is 263 g/mol. The molecule has 3 N–H and O–H groups in total. The Morgan fingerprint density at radius 1 is 1.42 bits per heavy atom. The quantitative estimate of drug-likeness (QED) is 0.631. The van der Waals surface area contributed by atoms with Gasteiger partial charge in [-0.05, 0) is 52.9 Å². The number of ether oxygens (including phenoxy) is 1. The van der Waals surface area contributed by atoms with Crippen molar-refractivity contribution in [2.24, 2.45) is 5.84 Å². The van der Waals surface area contributed by atoms with Gasteiger partial charge in [0.1, 0.15) is 0 Å². The Labute approximate surface area is 116 Å². The molecule has 2 rings (SSSR count). The summed E-state index contributed by atoms with van der Waals surface area (Å²) >= 11 is 1.67. The molecule has 0 bridgehead atoms. The van der Waals surface area contributed by atoms with E-state index in [-0.39, 0.29) is 17.6 Å². The van der Waals surface area contributed by atoms with Crippen LogP contribution in [0.1, 0.15) is 23.6 Å². The fourth-order valence-corrected chi connectivity index (χ4v) is 2.69. The minimum absolute atomic E-state index is 0.0692. The average Bonchev–Trinajstić information content (AvgIpc) is 2.93. The second kappa shape index (κ2) is 6.65. The first-order valence-corrected chi connectivity index (χ1v) is 6.99. The van der Waals surface area contributed by atoms with E-state index >= 15 is 0 Å². The van der Waals surface area contributed by atoms with E-state index in [0.717, 1.165) is 18.4 Å². The molecule has 0 spiro atoms. The molecule has 102 valence electrons. The zero-order chi connectivity index (χ0) is 13.7. The molecule has 1 aromatic carbocycles. The van der Waals surface area contributed by atoms with Crippen molar-refractivity contribution in [3.05, 3.63) is 52.0 Å². The van der Waals surface area contributed by atoms with E-state index in [2.05, 4.69) is 16.9 Å². The number of nitrogens with one attached hydrogen (secondary N) is 1. The van der Waals surface area contributed by atoms with Crippen LogP contribution in [0.4, 0.5) is 4.39 Å².